The van der Waals surface area contributed by atoms with Crippen LogP contribution in [0.25, 0.3) is 0 Å². The molecule has 0 aliphatic carbocycles. The summed E-state index contributed by atoms with van der Waals surface area (Å²) in [7, 11) is 0. The van der Waals surface area contributed by atoms with E-state index in [0.29, 0.717) is 20.5 Å². The molecule has 0 bridgehead atoms. The van der Waals surface area contributed by atoms with E-state index < -0.39 is 29.0 Å². The number of nitrogens with one attached hydrogen (secondary N) is 1. The Hall–Kier alpha value is -1.48. The van der Waals surface area contributed by atoms with Crippen molar-refractivity contribution in [3.8, 4) is 5.75 Å². The Balaban J connectivity index is 2.02. The largest absolute Gasteiger partial charge is 0.480 e. The molecule has 2 aromatic rings. The fourth-order valence-corrected chi connectivity index (χ4v) is 5.99. The standard InChI is InChI=1S/C14H7Cl2NO5S2/c15-3-1-4-6-7(13(20)22-8(4)5(16)2-3)10(12(18)19)23-11-9(6)24-14(21)17-11/h1-2,6-7,10H,(H,17,21)(H,18,19)/t6-,7+,10+/m0/s1. The molecule has 0 spiro atoms. The van der Waals surface area contributed by atoms with Crippen molar-refractivity contribution < 1.29 is 19.4 Å². The van der Waals surface area contributed by atoms with E-state index in [0.717, 1.165) is 23.1 Å². The molecule has 1 aromatic heterocycles. The van der Waals surface area contributed by atoms with Crippen molar-refractivity contribution in [2.75, 3.05) is 0 Å². The molecule has 0 radical (unpaired) electrons. The van der Waals surface area contributed by atoms with Crippen LogP contribution in [-0.2, 0) is 9.59 Å². The molecular formula is C14H7Cl2NO5S2. The number of aromatic amines is 1. The van der Waals surface area contributed by atoms with E-state index in [1.54, 1.807) is 6.07 Å². The number of benzene rings is 1. The molecule has 0 saturated heterocycles. The summed E-state index contributed by atoms with van der Waals surface area (Å²) in [4.78, 5) is 38.8. The number of aromatic nitrogens is 1. The highest BCUT2D eigenvalue weighted by atomic mass is 35.5. The number of H-pyrrole nitrogens is 1. The molecule has 2 N–H and O–H groups in total. The van der Waals surface area contributed by atoms with Crippen molar-refractivity contribution >= 4 is 58.2 Å². The third-order valence-electron chi connectivity index (χ3n) is 3.94. The van der Waals surface area contributed by atoms with Crippen LogP contribution >= 0.6 is 46.3 Å². The average Bonchev–Trinajstić information content (AvgIpc) is 2.87. The lowest BCUT2D eigenvalue weighted by Gasteiger charge is -2.37. The van der Waals surface area contributed by atoms with Gasteiger partial charge >= 0.3 is 16.8 Å². The van der Waals surface area contributed by atoms with Gasteiger partial charge in [0.15, 0.2) is 5.75 Å². The number of halogens is 2. The van der Waals surface area contributed by atoms with Crippen molar-refractivity contribution in [3.05, 3.63) is 42.3 Å². The maximum atomic E-state index is 12.5. The fourth-order valence-electron chi connectivity index (χ4n) is 3.04. The first kappa shape index (κ1) is 16.0. The number of carboxylic acids is 1. The lowest BCUT2D eigenvalue weighted by Crippen LogP contribution is -2.44. The number of fused-ring (bicyclic) bond motifs is 5. The quantitative estimate of drug-likeness (QED) is 0.561. The van der Waals surface area contributed by atoms with Crippen LogP contribution in [0, 0.1) is 5.92 Å². The van der Waals surface area contributed by atoms with Crippen LogP contribution in [0.4, 0.5) is 0 Å². The van der Waals surface area contributed by atoms with Crippen LogP contribution in [-0.4, -0.2) is 27.3 Å². The topological polar surface area (TPSA) is 96.5 Å². The molecule has 0 amide bonds. The Morgan fingerprint density at radius 1 is 1.29 bits per heavy atom. The van der Waals surface area contributed by atoms with Crippen molar-refractivity contribution in [3.63, 3.8) is 0 Å². The monoisotopic (exact) mass is 403 g/mol. The van der Waals surface area contributed by atoms with E-state index in [1.165, 1.54) is 6.07 Å². The minimum Gasteiger partial charge on any atom is -0.480 e. The molecule has 2 aliphatic heterocycles. The number of carbonyl (C=O) groups is 2. The SMILES string of the molecule is O=C1Oc2c(Cl)cc(Cl)cc2[C@@H]2c3sc(=O)[nH]c3S[C@@H](C(=O)O)[C@H]12. The predicted octanol–water partition coefficient (Wildman–Crippen LogP) is 2.97. The first-order valence-electron chi connectivity index (χ1n) is 6.70. The van der Waals surface area contributed by atoms with Crippen molar-refractivity contribution in [2.24, 2.45) is 5.92 Å². The summed E-state index contributed by atoms with van der Waals surface area (Å²) in [6.07, 6.45) is 0. The number of thioether (sulfide) groups is 1. The number of esters is 1. The Morgan fingerprint density at radius 2 is 2.04 bits per heavy atom. The van der Waals surface area contributed by atoms with Crippen LogP contribution in [0.1, 0.15) is 16.4 Å². The zero-order valence-corrected chi connectivity index (χ0v) is 14.7. The molecule has 0 unspecified atom stereocenters. The summed E-state index contributed by atoms with van der Waals surface area (Å²) in [5.41, 5.74) is 0.514. The minimum absolute atomic E-state index is 0.162. The minimum atomic E-state index is -1.15. The summed E-state index contributed by atoms with van der Waals surface area (Å²) >= 11 is 14.1. The van der Waals surface area contributed by atoms with E-state index in [2.05, 4.69) is 4.98 Å². The number of carboxylic acid groups (broad SMARTS) is 1. The molecule has 3 heterocycles. The number of rotatable bonds is 1. The molecule has 124 valence electrons. The zero-order valence-electron chi connectivity index (χ0n) is 11.5. The third kappa shape index (κ3) is 2.28. The Kier molecular flexibility index (Phi) is 3.68. The highest BCUT2D eigenvalue weighted by Crippen LogP contribution is 2.55. The summed E-state index contributed by atoms with van der Waals surface area (Å²) < 4.78 is 5.30. The molecule has 24 heavy (non-hydrogen) atoms. The normalized spacial score (nSPS) is 24.6. The van der Waals surface area contributed by atoms with Gasteiger partial charge in [-0.15, -0.1) is 0 Å². The van der Waals surface area contributed by atoms with Gasteiger partial charge < -0.3 is 14.8 Å². The summed E-state index contributed by atoms with van der Waals surface area (Å²) in [6, 6.07) is 3.04. The van der Waals surface area contributed by atoms with Gasteiger partial charge in [0.05, 0.1) is 16.0 Å². The molecule has 3 atom stereocenters. The smallest absolute Gasteiger partial charge is 0.317 e. The lowest BCUT2D eigenvalue weighted by molar-refractivity contribution is -0.147. The van der Waals surface area contributed by atoms with E-state index in [1.807, 2.05) is 0 Å². The molecule has 6 nitrogen and oxygen atoms in total. The summed E-state index contributed by atoms with van der Waals surface area (Å²) in [5, 5.41) is 9.40. The highest BCUT2D eigenvalue weighted by Gasteiger charge is 2.52. The second-order valence-electron chi connectivity index (χ2n) is 5.32. The second-order valence-corrected chi connectivity index (χ2v) is 8.33. The van der Waals surface area contributed by atoms with Gasteiger partial charge in [-0.2, -0.15) is 0 Å². The van der Waals surface area contributed by atoms with Gasteiger partial charge in [0.1, 0.15) is 5.25 Å². The fraction of sp³-hybridized carbons (Fsp3) is 0.214. The van der Waals surface area contributed by atoms with Gasteiger partial charge in [0, 0.05) is 21.4 Å². The Bertz CT molecular complexity index is 953. The van der Waals surface area contributed by atoms with E-state index in [4.69, 9.17) is 27.9 Å². The number of hydrogen-bond donors (Lipinski definition) is 2. The van der Waals surface area contributed by atoms with Crippen LogP contribution in [0.2, 0.25) is 10.0 Å². The summed E-state index contributed by atoms with van der Waals surface area (Å²) in [6.45, 7) is 0. The van der Waals surface area contributed by atoms with E-state index in [9.17, 15) is 19.5 Å². The first-order valence-corrected chi connectivity index (χ1v) is 9.15. The van der Waals surface area contributed by atoms with Gasteiger partial charge in [-0.05, 0) is 12.1 Å². The Morgan fingerprint density at radius 3 is 2.75 bits per heavy atom. The zero-order chi connectivity index (χ0) is 17.2. The van der Waals surface area contributed by atoms with E-state index in [-0.39, 0.29) is 15.6 Å². The predicted molar refractivity (Wildman–Crippen MR) is 89.7 cm³/mol. The van der Waals surface area contributed by atoms with Crippen LogP contribution in [0.3, 0.4) is 0 Å². The van der Waals surface area contributed by atoms with Crippen molar-refractivity contribution in [2.45, 2.75) is 16.2 Å². The van der Waals surface area contributed by atoms with Crippen molar-refractivity contribution in [1.82, 2.24) is 4.98 Å². The number of aliphatic carboxylic acids is 1. The molecule has 4 rings (SSSR count). The molecule has 0 fully saturated rings. The molecule has 2 aliphatic rings. The number of ether oxygens (including phenoxy) is 1. The van der Waals surface area contributed by atoms with Gasteiger partial charge in [-0.1, -0.05) is 46.3 Å². The molecule has 0 saturated carbocycles. The number of carbonyl (C=O) groups excluding carboxylic acids is 1. The van der Waals surface area contributed by atoms with Crippen LogP contribution in [0.15, 0.2) is 22.0 Å². The van der Waals surface area contributed by atoms with Gasteiger partial charge in [0.25, 0.3) is 0 Å². The molecule has 10 heteroatoms. The van der Waals surface area contributed by atoms with Crippen LogP contribution in [0.5, 0.6) is 5.75 Å². The second kappa shape index (κ2) is 5.52. The van der Waals surface area contributed by atoms with E-state index >= 15 is 0 Å². The maximum absolute atomic E-state index is 12.5. The number of thiazole rings is 1. The number of hydrogen-bond acceptors (Lipinski definition) is 6. The van der Waals surface area contributed by atoms with Crippen LogP contribution < -0.4 is 9.61 Å². The van der Waals surface area contributed by atoms with Gasteiger partial charge in [-0.3, -0.25) is 14.4 Å². The maximum Gasteiger partial charge on any atom is 0.317 e. The van der Waals surface area contributed by atoms with Gasteiger partial charge in [0.2, 0.25) is 0 Å². The Labute approximate surface area is 152 Å². The molecular weight excluding hydrogens is 397 g/mol. The highest BCUT2D eigenvalue weighted by molar-refractivity contribution is 8.00. The van der Waals surface area contributed by atoms with Crippen molar-refractivity contribution in [1.29, 1.82) is 0 Å². The first-order chi connectivity index (χ1) is 11.4. The van der Waals surface area contributed by atoms with Gasteiger partial charge in [-0.25, -0.2) is 0 Å². The third-order valence-corrected chi connectivity index (χ3v) is 6.85. The molecule has 1 aromatic carbocycles. The average molecular weight is 404 g/mol. The lowest BCUT2D eigenvalue weighted by atomic mass is 9.80. The summed E-state index contributed by atoms with van der Waals surface area (Å²) in [5.74, 6) is -3.27.